The summed E-state index contributed by atoms with van der Waals surface area (Å²) in [6.07, 6.45) is 1.77. The van der Waals surface area contributed by atoms with Crippen LogP contribution >= 0.6 is 0 Å². The van der Waals surface area contributed by atoms with Gasteiger partial charge in [0, 0.05) is 23.7 Å². The van der Waals surface area contributed by atoms with Crippen molar-refractivity contribution in [2.45, 2.75) is 13.5 Å². The summed E-state index contributed by atoms with van der Waals surface area (Å²) >= 11 is 0. The van der Waals surface area contributed by atoms with Crippen LogP contribution in [0.15, 0.2) is 54.7 Å². The summed E-state index contributed by atoms with van der Waals surface area (Å²) in [4.78, 5) is 4.47. The number of hydrogen-bond acceptors (Lipinski definition) is 2. The van der Waals surface area contributed by atoms with Crippen LogP contribution in [-0.2, 0) is 6.54 Å². The van der Waals surface area contributed by atoms with Crippen LogP contribution in [0, 0.1) is 5.82 Å². The standard InChI is InChI=1S/C18H17FN2/c1-2-20-12-14-8-9-15(19)11-17(14)16-7-3-5-13-6-4-10-21-18(13)16/h3-11,20H,2,12H2,1H3. The van der Waals surface area contributed by atoms with Crippen LogP contribution in [0.4, 0.5) is 4.39 Å². The van der Waals surface area contributed by atoms with Crippen LogP contribution in [0.2, 0.25) is 0 Å². The zero-order chi connectivity index (χ0) is 14.7. The molecular weight excluding hydrogens is 263 g/mol. The lowest BCUT2D eigenvalue weighted by Gasteiger charge is -2.12. The smallest absolute Gasteiger partial charge is 0.123 e. The summed E-state index contributed by atoms with van der Waals surface area (Å²) in [7, 11) is 0. The molecular formula is C18H17FN2. The monoisotopic (exact) mass is 280 g/mol. The molecule has 2 aromatic carbocycles. The van der Waals surface area contributed by atoms with E-state index < -0.39 is 0 Å². The van der Waals surface area contributed by atoms with E-state index in [1.165, 1.54) is 6.07 Å². The van der Waals surface area contributed by atoms with Crippen molar-refractivity contribution in [1.82, 2.24) is 10.3 Å². The molecule has 0 spiro atoms. The minimum Gasteiger partial charge on any atom is -0.313 e. The number of nitrogens with one attached hydrogen (secondary N) is 1. The SMILES string of the molecule is CCNCc1ccc(F)cc1-c1cccc2cccnc12. The number of aromatic nitrogens is 1. The summed E-state index contributed by atoms with van der Waals surface area (Å²) in [6, 6.07) is 14.9. The Morgan fingerprint density at radius 3 is 2.76 bits per heavy atom. The Balaban J connectivity index is 2.19. The van der Waals surface area contributed by atoms with Crippen molar-refractivity contribution in [1.29, 1.82) is 0 Å². The quantitative estimate of drug-likeness (QED) is 0.776. The van der Waals surface area contributed by atoms with Gasteiger partial charge in [0.15, 0.2) is 0 Å². The van der Waals surface area contributed by atoms with Gasteiger partial charge in [-0.2, -0.15) is 0 Å². The summed E-state index contributed by atoms with van der Waals surface area (Å²) in [5.41, 5.74) is 3.86. The van der Waals surface area contributed by atoms with Gasteiger partial charge in [-0.25, -0.2) is 4.39 Å². The van der Waals surface area contributed by atoms with Gasteiger partial charge in [-0.15, -0.1) is 0 Å². The molecule has 1 heterocycles. The highest BCUT2D eigenvalue weighted by Crippen LogP contribution is 2.30. The average molecular weight is 280 g/mol. The number of nitrogens with zero attached hydrogens (tertiary/aromatic N) is 1. The maximum atomic E-state index is 13.7. The molecule has 0 aliphatic heterocycles. The first-order valence-electron chi connectivity index (χ1n) is 7.13. The fourth-order valence-corrected chi connectivity index (χ4v) is 2.53. The van der Waals surface area contributed by atoms with Gasteiger partial charge in [0.1, 0.15) is 5.82 Å². The van der Waals surface area contributed by atoms with Gasteiger partial charge < -0.3 is 5.32 Å². The Hall–Kier alpha value is -2.26. The van der Waals surface area contributed by atoms with E-state index in [1.54, 1.807) is 12.3 Å². The second-order valence-corrected chi connectivity index (χ2v) is 4.96. The number of benzene rings is 2. The van der Waals surface area contributed by atoms with Crippen LogP contribution in [0.1, 0.15) is 12.5 Å². The first-order chi connectivity index (χ1) is 10.3. The summed E-state index contributed by atoms with van der Waals surface area (Å²) in [5.74, 6) is -0.224. The average Bonchev–Trinajstić information content (AvgIpc) is 2.53. The van der Waals surface area contributed by atoms with E-state index in [0.717, 1.165) is 40.7 Å². The molecule has 3 heteroatoms. The largest absolute Gasteiger partial charge is 0.313 e. The Morgan fingerprint density at radius 2 is 1.90 bits per heavy atom. The third-order valence-electron chi connectivity index (χ3n) is 3.56. The van der Waals surface area contributed by atoms with Crippen LogP contribution < -0.4 is 5.32 Å². The van der Waals surface area contributed by atoms with Crippen molar-refractivity contribution in [3.05, 3.63) is 66.1 Å². The van der Waals surface area contributed by atoms with Crippen molar-refractivity contribution in [2.75, 3.05) is 6.54 Å². The molecule has 0 fully saturated rings. The summed E-state index contributed by atoms with van der Waals surface area (Å²) in [6.45, 7) is 3.66. The third-order valence-corrected chi connectivity index (χ3v) is 3.56. The molecule has 0 saturated carbocycles. The molecule has 3 rings (SSSR count). The lowest BCUT2D eigenvalue weighted by molar-refractivity contribution is 0.626. The van der Waals surface area contributed by atoms with Gasteiger partial charge in [0.25, 0.3) is 0 Å². The van der Waals surface area contributed by atoms with Crippen molar-refractivity contribution >= 4 is 10.9 Å². The molecule has 1 aromatic heterocycles. The predicted octanol–water partition coefficient (Wildman–Crippen LogP) is 4.15. The molecule has 0 aliphatic rings. The fourth-order valence-electron chi connectivity index (χ4n) is 2.53. The van der Waals surface area contributed by atoms with E-state index in [1.807, 2.05) is 36.4 Å². The normalized spacial score (nSPS) is 11.0. The van der Waals surface area contributed by atoms with Crippen molar-refractivity contribution in [3.8, 4) is 11.1 Å². The Bertz CT molecular complexity index is 763. The lowest BCUT2D eigenvalue weighted by Crippen LogP contribution is -2.12. The first-order valence-corrected chi connectivity index (χ1v) is 7.13. The highest BCUT2D eigenvalue weighted by molar-refractivity contribution is 5.94. The number of para-hydroxylation sites is 1. The minimum atomic E-state index is -0.224. The van der Waals surface area contributed by atoms with Crippen molar-refractivity contribution in [3.63, 3.8) is 0 Å². The second kappa shape index (κ2) is 6.02. The van der Waals surface area contributed by atoms with Gasteiger partial charge in [0.2, 0.25) is 0 Å². The Morgan fingerprint density at radius 1 is 1.05 bits per heavy atom. The maximum Gasteiger partial charge on any atom is 0.123 e. The van der Waals surface area contributed by atoms with Crippen LogP contribution in [0.5, 0.6) is 0 Å². The van der Waals surface area contributed by atoms with Crippen molar-refractivity contribution < 1.29 is 4.39 Å². The molecule has 21 heavy (non-hydrogen) atoms. The molecule has 0 radical (unpaired) electrons. The molecule has 0 saturated heterocycles. The number of hydrogen-bond donors (Lipinski definition) is 1. The molecule has 0 bridgehead atoms. The Labute approximate surface area is 123 Å². The van der Waals surface area contributed by atoms with E-state index in [-0.39, 0.29) is 5.82 Å². The summed E-state index contributed by atoms with van der Waals surface area (Å²) < 4.78 is 13.7. The van der Waals surface area contributed by atoms with Crippen molar-refractivity contribution in [2.24, 2.45) is 0 Å². The van der Waals surface area contributed by atoms with E-state index in [2.05, 4.69) is 17.2 Å². The second-order valence-electron chi connectivity index (χ2n) is 4.96. The zero-order valence-electron chi connectivity index (χ0n) is 11.9. The van der Waals surface area contributed by atoms with Gasteiger partial charge >= 0.3 is 0 Å². The topological polar surface area (TPSA) is 24.9 Å². The Kier molecular flexibility index (Phi) is 3.93. The fraction of sp³-hybridized carbons (Fsp3) is 0.167. The molecule has 0 aliphatic carbocycles. The number of halogens is 1. The van der Waals surface area contributed by atoms with E-state index in [4.69, 9.17) is 0 Å². The summed E-state index contributed by atoms with van der Waals surface area (Å²) in [5, 5.41) is 4.36. The third kappa shape index (κ3) is 2.78. The molecule has 3 aromatic rings. The van der Waals surface area contributed by atoms with Crippen LogP contribution in [0.25, 0.3) is 22.0 Å². The molecule has 106 valence electrons. The lowest BCUT2D eigenvalue weighted by atomic mass is 9.97. The molecule has 2 nitrogen and oxygen atoms in total. The molecule has 0 atom stereocenters. The number of fused-ring (bicyclic) bond motifs is 1. The minimum absolute atomic E-state index is 0.224. The molecule has 0 amide bonds. The van der Waals surface area contributed by atoms with Gasteiger partial charge in [0.05, 0.1) is 5.52 Å². The van der Waals surface area contributed by atoms with E-state index >= 15 is 0 Å². The zero-order valence-corrected chi connectivity index (χ0v) is 11.9. The van der Waals surface area contributed by atoms with Gasteiger partial charge in [-0.1, -0.05) is 37.3 Å². The maximum absolute atomic E-state index is 13.7. The highest BCUT2D eigenvalue weighted by Gasteiger charge is 2.10. The predicted molar refractivity (Wildman–Crippen MR) is 84.5 cm³/mol. The number of rotatable bonds is 4. The van der Waals surface area contributed by atoms with E-state index in [9.17, 15) is 4.39 Å². The first kappa shape index (κ1) is 13.7. The van der Waals surface area contributed by atoms with Gasteiger partial charge in [-0.05, 0) is 35.9 Å². The molecule has 1 N–H and O–H groups in total. The highest BCUT2D eigenvalue weighted by atomic mass is 19.1. The van der Waals surface area contributed by atoms with Crippen LogP contribution in [-0.4, -0.2) is 11.5 Å². The van der Waals surface area contributed by atoms with Gasteiger partial charge in [-0.3, -0.25) is 4.98 Å². The van der Waals surface area contributed by atoms with Crippen LogP contribution in [0.3, 0.4) is 0 Å². The molecule has 0 unspecified atom stereocenters. The number of pyridine rings is 1. The van der Waals surface area contributed by atoms with E-state index in [0.29, 0.717) is 0 Å².